The lowest BCUT2D eigenvalue weighted by atomic mass is 10.2. The van der Waals surface area contributed by atoms with Crippen molar-refractivity contribution in [3.8, 4) is 0 Å². The fourth-order valence-electron chi connectivity index (χ4n) is 2.98. The van der Waals surface area contributed by atoms with Crippen LogP contribution in [0.25, 0.3) is 0 Å². The molecule has 126 valence electrons. The highest BCUT2D eigenvalue weighted by Gasteiger charge is 2.36. The van der Waals surface area contributed by atoms with Crippen LogP contribution in [0.15, 0.2) is 9.80 Å². The average molecular weight is 336 g/mol. The van der Waals surface area contributed by atoms with Crippen molar-refractivity contribution in [3.63, 3.8) is 0 Å². The van der Waals surface area contributed by atoms with Gasteiger partial charge in [0.05, 0.1) is 22.8 Å². The lowest BCUT2D eigenvalue weighted by Crippen LogP contribution is -2.25. The van der Waals surface area contributed by atoms with Crippen LogP contribution in [0.3, 0.4) is 0 Å². The molecule has 0 bridgehead atoms. The van der Waals surface area contributed by atoms with E-state index in [2.05, 4.69) is 27.4 Å². The van der Waals surface area contributed by atoms with Crippen LogP contribution >= 0.6 is 11.3 Å². The molecule has 6 nitrogen and oxygen atoms in total. The number of methoxy groups -OCH3 is 1. The van der Waals surface area contributed by atoms with Crippen molar-refractivity contribution >= 4 is 11.3 Å². The molecule has 0 aromatic carbocycles. The fraction of sp³-hybridized carbons (Fsp3) is 0.688. The predicted octanol–water partition coefficient (Wildman–Crippen LogP) is 3.14. The Balaban J connectivity index is 1.70. The zero-order valence-corrected chi connectivity index (χ0v) is 14.8. The Hall–Kier alpha value is -1.31. The van der Waals surface area contributed by atoms with Gasteiger partial charge in [0.1, 0.15) is 0 Å². The number of unbranched alkanes of at least 4 members (excludes halogenated alkanes) is 1. The van der Waals surface area contributed by atoms with Gasteiger partial charge in [-0.2, -0.15) is 0 Å². The molecule has 0 radical (unpaired) electrons. The lowest BCUT2D eigenvalue weighted by molar-refractivity contribution is 0.107. The van der Waals surface area contributed by atoms with Crippen LogP contribution < -0.4 is 0 Å². The lowest BCUT2D eigenvalue weighted by Gasteiger charge is -2.20. The normalized spacial score (nSPS) is 22.0. The van der Waals surface area contributed by atoms with Gasteiger partial charge < -0.3 is 9.15 Å². The number of ether oxygens (including phenoxy) is 1. The minimum Gasteiger partial charge on any atom is -0.424 e. The molecule has 23 heavy (non-hydrogen) atoms. The zero-order valence-electron chi connectivity index (χ0n) is 14.0. The van der Waals surface area contributed by atoms with Crippen LogP contribution in [0.5, 0.6) is 0 Å². The number of nitrogens with zero attached hydrogens (tertiary/aromatic N) is 4. The van der Waals surface area contributed by atoms with E-state index in [0.717, 1.165) is 31.6 Å². The van der Waals surface area contributed by atoms with Gasteiger partial charge in [-0.1, -0.05) is 13.3 Å². The molecule has 1 aliphatic rings. The third kappa shape index (κ3) is 3.97. The van der Waals surface area contributed by atoms with Gasteiger partial charge in [0.25, 0.3) is 0 Å². The maximum Gasteiger partial charge on any atom is 0.233 e. The number of thiazole rings is 1. The first-order chi connectivity index (χ1) is 11.2. The number of hydrogen-bond acceptors (Lipinski definition) is 7. The number of hydrogen-bond donors (Lipinski definition) is 0. The Morgan fingerprint density at radius 2 is 2.30 bits per heavy atom. The molecule has 2 aromatic heterocycles. The van der Waals surface area contributed by atoms with E-state index in [1.165, 1.54) is 17.8 Å². The summed E-state index contributed by atoms with van der Waals surface area (Å²) in [7, 11) is 1.76. The highest BCUT2D eigenvalue weighted by molar-refractivity contribution is 7.09. The van der Waals surface area contributed by atoms with Crippen LogP contribution in [-0.2, 0) is 17.7 Å². The van der Waals surface area contributed by atoms with E-state index < -0.39 is 0 Å². The maximum atomic E-state index is 5.65. The maximum absolute atomic E-state index is 5.65. The summed E-state index contributed by atoms with van der Waals surface area (Å²) in [6.07, 6.45) is 4.56. The SMILES string of the molecule is CCCCc1nc(CN2C[C@@H](OC)C[C@@H]2c2nnc(C)o2)cs1. The van der Waals surface area contributed by atoms with E-state index >= 15 is 0 Å². The monoisotopic (exact) mass is 336 g/mol. The molecule has 0 unspecified atom stereocenters. The summed E-state index contributed by atoms with van der Waals surface area (Å²) in [5.74, 6) is 1.29. The molecule has 2 aromatic rings. The summed E-state index contributed by atoms with van der Waals surface area (Å²) >= 11 is 1.76. The molecule has 0 aliphatic carbocycles. The van der Waals surface area contributed by atoms with E-state index in [0.29, 0.717) is 11.8 Å². The van der Waals surface area contributed by atoms with Crippen LogP contribution in [0.1, 0.15) is 54.7 Å². The first-order valence-corrected chi connectivity index (χ1v) is 9.07. The Morgan fingerprint density at radius 1 is 1.43 bits per heavy atom. The van der Waals surface area contributed by atoms with Crippen molar-refractivity contribution in [2.24, 2.45) is 0 Å². The number of rotatable bonds is 7. The Morgan fingerprint density at radius 3 is 3.00 bits per heavy atom. The van der Waals surface area contributed by atoms with E-state index in [-0.39, 0.29) is 12.1 Å². The Labute approximate surface area is 140 Å². The second kappa shape index (κ2) is 7.51. The van der Waals surface area contributed by atoms with Crippen molar-refractivity contribution in [2.45, 2.75) is 58.2 Å². The molecule has 3 rings (SSSR count). The second-order valence-electron chi connectivity index (χ2n) is 6.03. The highest BCUT2D eigenvalue weighted by Crippen LogP contribution is 2.34. The number of aromatic nitrogens is 3. The van der Waals surface area contributed by atoms with Gasteiger partial charge in [0.2, 0.25) is 11.8 Å². The van der Waals surface area contributed by atoms with Crippen LogP contribution in [-0.4, -0.2) is 39.8 Å². The van der Waals surface area contributed by atoms with Gasteiger partial charge in [-0.05, 0) is 19.3 Å². The largest absolute Gasteiger partial charge is 0.424 e. The minimum absolute atomic E-state index is 0.113. The van der Waals surface area contributed by atoms with Crippen molar-refractivity contribution in [2.75, 3.05) is 13.7 Å². The molecule has 0 amide bonds. The van der Waals surface area contributed by atoms with E-state index in [1.807, 2.05) is 6.92 Å². The minimum atomic E-state index is 0.113. The van der Waals surface area contributed by atoms with Crippen molar-refractivity contribution in [3.05, 3.63) is 27.9 Å². The molecule has 0 N–H and O–H groups in total. The third-order valence-electron chi connectivity index (χ3n) is 4.23. The van der Waals surface area contributed by atoms with Gasteiger partial charge >= 0.3 is 0 Å². The molecular weight excluding hydrogens is 312 g/mol. The van der Waals surface area contributed by atoms with Gasteiger partial charge in [-0.25, -0.2) is 4.98 Å². The Bertz CT molecular complexity index is 627. The topological polar surface area (TPSA) is 64.3 Å². The molecule has 2 atom stereocenters. The first kappa shape index (κ1) is 16.5. The summed E-state index contributed by atoms with van der Waals surface area (Å²) in [5, 5.41) is 11.6. The molecular formula is C16H24N4O2S. The fourth-order valence-corrected chi connectivity index (χ4v) is 3.81. The molecule has 1 aliphatic heterocycles. The predicted molar refractivity (Wildman–Crippen MR) is 88.3 cm³/mol. The Kier molecular flexibility index (Phi) is 5.40. The average Bonchev–Trinajstić information content (AvgIpc) is 3.25. The van der Waals surface area contributed by atoms with Crippen LogP contribution in [0, 0.1) is 6.92 Å². The van der Waals surface area contributed by atoms with Crippen molar-refractivity contribution < 1.29 is 9.15 Å². The van der Waals surface area contributed by atoms with Crippen molar-refractivity contribution in [1.82, 2.24) is 20.1 Å². The molecule has 7 heteroatoms. The number of aryl methyl sites for hydroxylation is 2. The van der Waals surface area contributed by atoms with Gasteiger partial charge in [-0.3, -0.25) is 4.90 Å². The summed E-state index contributed by atoms with van der Waals surface area (Å²) in [4.78, 5) is 7.10. The summed E-state index contributed by atoms with van der Waals surface area (Å²) < 4.78 is 11.2. The zero-order chi connectivity index (χ0) is 16.2. The summed E-state index contributed by atoms with van der Waals surface area (Å²) in [5.41, 5.74) is 1.12. The van der Waals surface area contributed by atoms with Crippen LogP contribution in [0.2, 0.25) is 0 Å². The first-order valence-electron chi connectivity index (χ1n) is 8.19. The highest BCUT2D eigenvalue weighted by atomic mass is 32.1. The molecule has 3 heterocycles. The molecule has 1 fully saturated rings. The number of likely N-dealkylation sites (tertiary alicyclic amines) is 1. The van der Waals surface area contributed by atoms with E-state index in [4.69, 9.17) is 14.1 Å². The third-order valence-corrected chi connectivity index (χ3v) is 5.19. The molecule has 0 spiro atoms. The summed E-state index contributed by atoms with van der Waals surface area (Å²) in [6, 6.07) is 0.113. The van der Waals surface area contributed by atoms with Gasteiger partial charge in [0.15, 0.2) is 0 Å². The summed E-state index contributed by atoms with van der Waals surface area (Å²) in [6.45, 7) is 5.70. The van der Waals surface area contributed by atoms with E-state index in [9.17, 15) is 0 Å². The standard InChI is InChI=1S/C16H24N4O2S/c1-4-5-6-15-17-12(10-23-15)8-20-9-13(21-3)7-14(20)16-19-18-11(2)22-16/h10,13-14H,4-9H2,1-3H3/t13-,14+/m0/s1. The second-order valence-corrected chi connectivity index (χ2v) is 6.98. The van der Waals surface area contributed by atoms with Gasteiger partial charge in [0, 0.05) is 32.5 Å². The quantitative estimate of drug-likeness (QED) is 0.774. The van der Waals surface area contributed by atoms with E-state index in [1.54, 1.807) is 18.4 Å². The smallest absolute Gasteiger partial charge is 0.233 e. The van der Waals surface area contributed by atoms with Gasteiger partial charge in [-0.15, -0.1) is 21.5 Å². The van der Waals surface area contributed by atoms with Crippen LogP contribution in [0.4, 0.5) is 0 Å². The molecule has 0 saturated carbocycles. The van der Waals surface area contributed by atoms with Crippen molar-refractivity contribution in [1.29, 1.82) is 0 Å². The molecule has 1 saturated heterocycles.